The van der Waals surface area contributed by atoms with E-state index in [9.17, 15) is 4.79 Å². The van der Waals surface area contributed by atoms with Crippen molar-refractivity contribution >= 4 is 28.4 Å². The van der Waals surface area contributed by atoms with Gasteiger partial charge in [0.2, 0.25) is 11.7 Å². The quantitative estimate of drug-likeness (QED) is 0.300. The summed E-state index contributed by atoms with van der Waals surface area (Å²) in [6.07, 6.45) is 1.67. The molecule has 3 heterocycles. The lowest BCUT2D eigenvalue weighted by molar-refractivity contribution is 0.573. The van der Waals surface area contributed by atoms with Gasteiger partial charge in [-0.2, -0.15) is 0 Å². The van der Waals surface area contributed by atoms with Gasteiger partial charge in [-0.05, 0) is 49.2 Å². The Balaban J connectivity index is 1.46. The molecule has 3 aromatic carbocycles. The van der Waals surface area contributed by atoms with Crippen molar-refractivity contribution in [3.8, 4) is 17.1 Å². The third-order valence-corrected chi connectivity index (χ3v) is 6.94. The zero-order valence-electron chi connectivity index (χ0n) is 19.2. The van der Waals surface area contributed by atoms with Gasteiger partial charge in [0.05, 0.1) is 22.3 Å². The molecule has 0 aliphatic heterocycles. The first kappa shape index (κ1) is 21.4. The van der Waals surface area contributed by atoms with Crippen molar-refractivity contribution in [2.75, 3.05) is 0 Å². The van der Waals surface area contributed by atoms with Crippen LogP contribution in [0, 0.1) is 13.8 Å². The highest BCUT2D eigenvalue weighted by Gasteiger charge is 2.20. The molecule has 6 aromatic rings. The molecule has 0 saturated carbocycles. The van der Waals surface area contributed by atoms with Crippen molar-refractivity contribution < 1.29 is 4.42 Å². The van der Waals surface area contributed by atoms with E-state index in [1.165, 1.54) is 11.8 Å². The summed E-state index contributed by atoms with van der Waals surface area (Å²) in [4.78, 5) is 18.3. The number of oxazole rings is 1. The molecule has 0 N–H and O–H groups in total. The van der Waals surface area contributed by atoms with Crippen molar-refractivity contribution in [2.45, 2.75) is 24.8 Å². The topological polar surface area (TPSA) is 78.2 Å². The van der Waals surface area contributed by atoms with Crippen LogP contribution in [0.25, 0.3) is 33.8 Å². The van der Waals surface area contributed by atoms with E-state index in [0.717, 1.165) is 33.6 Å². The number of benzene rings is 3. The van der Waals surface area contributed by atoms with Crippen LogP contribution < -0.4 is 5.56 Å². The molecule has 3 aromatic heterocycles. The molecule has 8 heteroatoms. The molecule has 35 heavy (non-hydrogen) atoms. The van der Waals surface area contributed by atoms with Crippen LogP contribution in [0.5, 0.6) is 0 Å². The second-order valence-electron chi connectivity index (χ2n) is 8.31. The van der Waals surface area contributed by atoms with Crippen molar-refractivity contribution in [1.29, 1.82) is 0 Å². The van der Waals surface area contributed by atoms with E-state index < -0.39 is 0 Å². The first-order valence-electron chi connectivity index (χ1n) is 11.2. The minimum Gasteiger partial charge on any atom is -0.444 e. The molecule has 0 bridgehead atoms. The Hall–Kier alpha value is -4.17. The van der Waals surface area contributed by atoms with Gasteiger partial charge >= 0.3 is 0 Å². The maximum atomic E-state index is 13.6. The number of fused-ring (bicyclic) bond motifs is 3. The summed E-state index contributed by atoms with van der Waals surface area (Å²) < 4.78 is 9.31. The Morgan fingerprint density at radius 2 is 1.63 bits per heavy atom. The van der Waals surface area contributed by atoms with E-state index >= 15 is 0 Å². The summed E-state index contributed by atoms with van der Waals surface area (Å²) in [5.74, 6) is 1.62. The highest BCUT2D eigenvalue weighted by atomic mass is 32.2. The summed E-state index contributed by atoms with van der Waals surface area (Å²) in [5.41, 5.74) is 5.22. The van der Waals surface area contributed by atoms with E-state index in [-0.39, 0.29) is 5.56 Å². The van der Waals surface area contributed by atoms with Crippen molar-refractivity contribution in [1.82, 2.24) is 24.1 Å². The van der Waals surface area contributed by atoms with E-state index in [1.807, 2.05) is 91.0 Å². The Morgan fingerprint density at radius 1 is 0.886 bits per heavy atom. The predicted molar refractivity (Wildman–Crippen MR) is 137 cm³/mol. The highest BCUT2D eigenvalue weighted by molar-refractivity contribution is 7.98. The molecule has 0 amide bonds. The van der Waals surface area contributed by atoms with Gasteiger partial charge in [0.1, 0.15) is 6.26 Å². The predicted octanol–water partition coefficient (Wildman–Crippen LogP) is 5.60. The zero-order chi connectivity index (χ0) is 23.9. The Labute approximate surface area is 205 Å². The van der Waals surface area contributed by atoms with E-state index in [4.69, 9.17) is 4.42 Å². The number of rotatable bonds is 5. The largest absolute Gasteiger partial charge is 0.444 e. The van der Waals surface area contributed by atoms with Gasteiger partial charge in [0.15, 0.2) is 5.16 Å². The second kappa shape index (κ2) is 8.56. The first-order valence-corrected chi connectivity index (χ1v) is 12.2. The minimum absolute atomic E-state index is 0.113. The van der Waals surface area contributed by atoms with E-state index in [1.54, 1.807) is 10.8 Å². The molecule has 0 atom stereocenters. The number of aromatic nitrogens is 5. The maximum absolute atomic E-state index is 13.6. The van der Waals surface area contributed by atoms with Crippen LogP contribution in [0.3, 0.4) is 0 Å². The van der Waals surface area contributed by atoms with Gasteiger partial charge in [0, 0.05) is 11.3 Å². The number of para-hydroxylation sites is 2. The fourth-order valence-corrected chi connectivity index (χ4v) is 5.17. The molecule has 7 nitrogen and oxygen atoms in total. The highest BCUT2D eigenvalue weighted by Crippen LogP contribution is 2.28. The van der Waals surface area contributed by atoms with E-state index in [0.29, 0.717) is 28.0 Å². The van der Waals surface area contributed by atoms with Gasteiger partial charge in [-0.25, -0.2) is 9.55 Å². The van der Waals surface area contributed by atoms with Crippen LogP contribution in [0.1, 0.15) is 16.8 Å². The fraction of sp³-hybridized carbons (Fsp3) is 0.111. The summed E-state index contributed by atoms with van der Waals surface area (Å²) >= 11 is 1.50. The summed E-state index contributed by atoms with van der Waals surface area (Å²) in [5, 5.41) is 10.2. The number of hydrogen-bond donors (Lipinski definition) is 0. The molecular formula is C27H21N5O2S. The van der Waals surface area contributed by atoms with Crippen LogP contribution in [0.15, 0.2) is 93.4 Å². The molecule has 0 aliphatic carbocycles. The first-order chi connectivity index (χ1) is 17.1. The standard InChI is InChI=1S/C27H21N5O2S/c1-17-9-8-10-18(2)23(17)32-25(33)21-13-6-7-14-22(21)31-26(32)29-30-27(31)35-16-20-15-34-24(28-20)19-11-4-3-5-12-19/h3-15H,16H2,1-2H3. The lowest BCUT2D eigenvalue weighted by atomic mass is 10.1. The van der Waals surface area contributed by atoms with Gasteiger partial charge < -0.3 is 4.42 Å². The van der Waals surface area contributed by atoms with Crippen LogP contribution in [0.4, 0.5) is 0 Å². The number of hydrogen-bond acceptors (Lipinski definition) is 6. The number of nitrogens with zero attached hydrogens (tertiary/aromatic N) is 5. The Kier molecular flexibility index (Phi) is 5.22. The molecule has 0 unspecified atom stereocenters. The van der Waals surface area contributed by atoms with Crippen LogP contribution >= 0.6 is 11.8 Å². The summed E-state index contributed by atoms with van der Waals surface area (Å²) in [6.45, 7) is 4.00. The zero-order valence-corrected chi connectivity index (χ0v) is 20.0. The number of aryl methyl sites for hydroxylation is 2. The SMILES string of the molecule is Cc1cccc(C)c1-n1c(=O)c2ccccc2n2c(SCc3coc(-c4ccccc4)n3)nnc12. The molecular weight excluding hydrogens is 458 g/mol. The lowest BCUT2D eigenvalue weighted by Gasteiger charge is -2.15. The summed E-state index contributed by atoms with van der Waals surface area (Å²) in [7, 11) is 0. The van der Waals surface area contributed by atoms with Crippen LogP contribution in [-0.4, -0.2) is 24.1 Å². The molecule has 0 radical (unpaired) electrons. The van der Waals surface area contributed by atoms with Crippen molar-refractivity contribution in [3.05, 3.63) is 106 Å². The molecule has 6 rings (SSSR count). The number of thioether (sulfide) groups is 1. The third-order valence-electron chi connectivity index (χ3n) is 5.98. The Morgan fingerprint density at radius 3 is 2.43 bits per heavy atom. The van der Waals surface area contributed by atoms with E-state index in [2.05, 4.69) is 15.2 Å². The molecule has 0 fully saturated rings. The minimum atomic E-state index is -0.113. The fourth-order valence-electron chi connectivity index (χ4n) is 4.36. The normalized spacial score (nSPS) is 11.5. The maximum Gasteiger partial charge on any atom is 0.267 e. The summed E-state index contributed by atoms with van der Waals surface area (Å²) in [6, 6.07) is 23.4. The second-order valence-corrected chi connectivity index (χ2v) is 9.26. The van der Waals surface area contributed by atoms with Gasteiger partial charge in [-0.15, -0.1) is 10.2 Å². The van der Waals surface area contributed by atoms with Crippen molar-refractivity contribution in [3.63, 3.8) is 0 Å². The lowest BCUT2D eigenvalue weighted by Crippen LogP contribution is -2.23. The van der Waals surface area contributed by atoms with Crippen molar-refractivity contribution in [2.24, 2.45) is 0 Å². The van der Waals surface area contributed by atoms with Gasteiger partial charge in [0.25, 0.3) is 5.56 Å². The molecule has 0 aliphatic rings. The molecule has 0 spiro atoms. The van der Waals surface area contributed by atoms with Crippen LogP contribution in [0.2, 0.25) is 0 Å². The van der Waals surface area contributed by atoms with Gasteiger partial charge in [-0.1, -0.05) is 60.3 Å². The molecule has 0 saturated heterocycles. The molecule has 172 valence electrons. The Bertz CT molecular complexity index is 1730. The van der Waals surface area contributed by atoms with Gasteiger partial charge in [-0.3, -0.25) is 9.20 Å². The average Bonchev–Trinajstić information content (AvgIpc) is 3.52. The third kappa shape index (κ3) is 3.63. The average molecular weight is 480 g/mol. The smallest absolute Gasteiger partial charge is 0.267 e. The van der Waals surface area contributed by atoms with Crippen LogP contribution in [-0.2, 0) is 5.75 Å². The monoisotopic (exact) mass is 479 g/mol.